The summed E-state index contributed by atoms with van der Waals surface area (Å²) in [6.45, 7) is 4.28. The molecule has 0 unspecified atom stereocenters. The van der Waals surface area contributed by atoms with Crippen LogP contribution >= 0.6 is 23.2 Å². The fourth-order valence-corrected chi connectivity index (χ4v) is 6.23. The first-order valence-electron chi connectivity index (χ1n) is 12.6. The van der Waals surface area contributed by atoms with E-state index in [0.717, 1.165) is 61.1 Å². The third-order valence-electron chi connectivity index (χ3n) is 7.79. The van der Waals surface area contributed by atoms with Gasteiger partial charge in [0.2, 0.25) is 11.9 Å². The minimum Gasteiger partial charge on any atom is -0.486 e. The summed E-state index contributed by atoms with van der Waals surface area (Å²) in [6, 6.07) is 5.73. The number of aromatic amines is 1. The van der Waals surface area contributed by atoms with Crippen molar-refractivity contribution in [2.24, 2.45) is 5.41 Å². The van der Waals surface area contributed by atoms with Crippen molar-refractivity contribution in [1.82, 2.24) is 30.0 Å². The zero-order valence-electron chi connectivity index (χ0n) is 21.1. The average Bonchev–Trinajstić information content (AvgIpc) is 3.46. The molecule has 0 aliphatic carbocycles. The molecule has 5 heterocycles. The summed E-state index contributed by atoms with van der Waals surface area (Å²) >= 11 is 12.6. The third kappa shape index (κ3) is 4.33. The van der Waals surface area contributed by atoms with Gasteiger partial charge in [-0.15, -0.1) is 0 Å². The summed E-state index contributed by atoms with van der Waals surface area (Å²) in [7, 11) is 1.89. The van der Waals surface area contributed by atoms with Crippen molar-refractivity contribution in [3.05, 3.63) is 58.6 Å². The number of anilines is 1. The Morgan fingerprint density at radius 2 is 1.71 bits per heavy atom. The quantitative estimate of drug-likeness (QED) is 0.358. The van der Waals surface area contributed by atoms with Crippen molar-refractivity contribution in [3.63, 3.8) is 0 Å². The van der Waals surface area contributed by atoms with Crippen molar-refractivity contribution in [2.75, 3.05) is 31.6 Å². The Hall–Kier alpha value is -3.43. The van der Waals surface area contributed by atoms with E-state index in [2.05, 4.69) is 30.0 Å². The van der Waals surface area contributed by atoms with Crippen molar-refractivity contribution in [1.29, 1.82) is 0 Å². The standard InChI is InChI=1S/C27H27Cl2N7O2/c1-16(23-20(28)14-30-15-21(23)29)38-18-3-4-22-19(11-18)24(34-33-22)17-12-31-26(32-13-17)36-9-6-27(7-10-36)5-8-35(2)25(27)37/h3-4,11-16H,5-10H2,1-2H3,(H,33,34)/t16-/m1/s1. The van der Waals surface area contributed by atoms with Crippen molar-refractivity contribution in [3.8, 4) is 17.0 Å². The molecular weight excluding hydrogens is 525 g/mol. The molecule has 2 fully saturated rings. The van der Waals surface area contributed by atoms with Gasteiger partial charge in [-0.25, -0.2) is 9.97 Å². The summed E-state index contributed by atoms with van der Waals surface area (Å²) in [5, 5.41) is 9.39. The molecule has 4 aromatic rings. The molecule has 1 atom stereocenters. The maximum absolute atomic E-state index is 12.6. The van der Waals surface area contributed by atoms with Crippen LogP contribution in [-0.2, 0) is 4.79 Å². The molecule has 9 nitrogen and oxygen atoms in total. The van der Waals surface area contributed by atoms with E-state index in [-0.39, 0.29) is 17.4 Å². The number of piperidine rings is 1. The largest absolute Gasteiger partial charge is 0.486 e. The third-order valence-corrected chi connectivity index (χ3v) is 8.39. The second-order valence-corrected chi connectivity index (χ2v) is 10.9. The first-order chi connectivity index (χ1) is 18.3. The summed E-state index contributed by atoms with van der Waals surface area (Å²) < 4.78 is 6.18. The maximum Gasteiger partial charge on any atom is 0.228 e. The van der Waals surface area contributed by atoms with Crippen LogP contribution in [0.25, 0.3) is 22.2 Å². The maximum atomic E-state index is 12.6. The number of carbonyl (C=O) groups is 1. The zero-order chi connectivity index (χ0) is 26.4. The van der Waals surface area contributed by atoms with Gasteiger partial charge < -0.3 is 14.5 Å². The molecule has 6 rings (SSSR count). The molecule has 1 N–H and O–H groups in total. The van der Waals surface area contributed by atoms with Gasteiger partial charge in [0.05, 0.1) is 21.0 Å². The van der Waals surface area contributed by atoms with E-state index in [1.807, 2.05) is 37.1 Å². The number of pyridine rings is 1. The number of hydrogen-bond donors (Lipinski definition) is 1. The summed E-state index contributed by atoms with van der Waals surface area (Å²) in [4.78, 5) is 29.9. The minimum atomic E-state index is -0.378. The number of halogens is 2. The number of hydrogen-bond acceptors (Lipinski definition) is 7. The molecule has 1 amide bonds. The smallest absolute Gasteiger partial charge is 0.228 e. The highest BCUT2D eigenvalue weighted by Gasteiger charge is 2.47. The number of nitrogens with zero attached hydrogens (tertiary/aromatic N) is 6. The molecule has 38 heavy (non-hydrogen) atoms. The first kappa shape index (κ1) is 24.9. The Balaban J connectivity index is 1.19. The molecule has 2 aliphatic heterocycles. The lowest BCUT2D eigenvalue weighted by Crippen LogP contribution is -2.44. The average molecular weight is 552 g/mol. The first-order valence-corrected chi connectivity index (χ1v) is 13.4. The molecule has 196 valence electrons. The van der Waals surface area contributed by atoms with E-state index in [9.17, 15) is 4.79 Å². The number of aromatic nitrogens is 5. The molecule has 0 radical (unpaired) electrons. The van der Waals surface area contributed by atoms with Crippen molar-refractivity contribution < 1.29 is 9.53 Å². The predicted molar refractivity (Wildman–Crippen MR) is 147 cm³/mol. The topological polar surface area (TPSA) is 100 Å². The Morgan fingerprint density at radius 1 is 1.03 bits per heavy atom. The van der Waals surface area contributed by atoms with E-state index in [1.54, 1.807) is 24.8 Å². The number of fused-ring (bicyclic) bond motifs is 1. The Morgan fingerprint density at radius 3 is 2.37 bits per heavy atom. The number of benzene rings is 1. The number of ether oxygens (including phenoxy) is 1. The van der Waals surface area contributed by atoms with Crippen molar-refractivity contribution >= 4 is 46.0 Å². The summed E-state index contributed by atoms with van der Waals surface area (Å²) in [5.74, 6) is 1.61. The van der Waals surface area contributed by atoms with Crippen LogP contribution in [0.1, 0.15) is 37.9 Å². The van der Waals surface area contributed by atoms with E-state index >= 15 is 0 Å². The zero-order valence-corrected chi connectivity index (χ0v) is 22.6. The van der Waals surface area contributed by atoms with Gasteiger partial charge in [0.15, 0.2) is 0 Å². The number of rotatable bonds is 5. The van der Waals surface area contributed by atoms with Crippen LogP contribution in [0.15, 0.2) is 43.0 Å². The van der Waals surface area contributed by atoms with E-state index in [0.29, 0.717) is 27.3 Å². The van der Waals surface area contributed by atoms with Gasteiger partial charge in [-0.2, -0.15) is 5.10 Å². The molecule has 0 saturated carbocycles. The molecule has 2 aliphatic rings. The Bertz CT molecular complexity index is 1480. The second kappa shape index (κ2) is 9.71. The van der Waals surface area contributed by atoms with Gasteiger partial charge in [-0.3, -0.25) is 14.9 Å². The number of H-pyrrole nitrogens is 1. The van der Waals surface area contributed by atoms with Crippen LogP contribution in [0.2, 0.25) is 10.0 Å². The lowest BCUT2D eigenvalue weighted by atomic mass is 9.77. The summed E-state index contributed by atoms with van der Waals surface area (Å²) in [6.07, 6.45) is 8.93. The van der Waals surface area contributed by atoms with E-state index in [1.165, 1.54) is 0 Å². The molecular formula is C27H27Cl2N7O2. The fraction of sp³-hybridized carbons (Fsp3) is 0.370. The SMILES string of the molecule is C[C@@H](Oc1ccc2[nH]nc(-c3cnc(N4CCC5(CCN(C)C5=O)CC4)nc3)c2c1)c1c(Cl)cncc1Cl. The highest BCUT2D eigenvalue weighted by atomic mass is 35.5. The predicted octanol–water partition coefficient (Wildman–Crippen LogP) is 5.31. The fourth-order valence-electron chi connectivity index (χ4n) is 5.56. The molecule has 0 bridgehead atoms. The van der Waals surface area contributed by atoms with E-state index in [4.69, 9.17) is 27.9 Å². The number of likely N-dealkylation sites (tertiary alicyclic amines) is 1. The number of carbonyl (C=O) groups excluding carboxylic acids is 1. The van der Waals surface area contributed by atoms with Crippen LogP contribution in [0.3, 0.4) is 0 Å². The monoisotopic (exact) mass is 551 g/mol. The number of amides is 1. The summed E-state index contributed by atoms with van der Waals surface area (Å²) in [5.41, 5.74) is 2.89. The molecule has 1 spiro atoms. The van der Waals surface area contributed by atoms with Crippen LogP contribution in [0, 0.1) is 5.41 Å². The molecule has 2 saturated heterocycles. The number of nitrogens with one attached hydrogen (secondary N) is 1. The highest BCUT2D eigenvalue weighted by molar-refractivity contribution is 6.35. The van der Waals surface area contributed by atoms with Gasteiger partial charge in [-0.1, -0.05) is 23.2 Å². The Kier molecular flexibility index (Phi) is 6.36. The van der Waals surface area contributed by atoms with Crippen LogP contribution in [0.5, 0.6) is 5.75 Å². The second-order valence-electron chi connectivity index (χ2n) is 10.1. The van der Waals surface area contributed by atoms with Gasteiger partial charge in [0.25, 0.3) is 0 Å². The Labute approximate surface area is 230 Å². The van der Waals surface area contributed by atoms with Crippen LogP contribution in [-0.4, -0.2) is 62.6 Å². The molecule has 3 aromatic heterocycles. The van der Waals surface area contributed by atoms with Gasteiger partial charge in [0.1, 0.15) is 17.5 Å². The minimum absolute atomic E-state index is 0.204. The molecule has 1 aromatic carbocycles. The van der Waals surface area contributed by atoms with Gasteiger partial charge in [0, 0.05) is 68.0 Å². The van der Waals surface area contributed by atoms with Crippen LogP contribution < -0.4 is 9.64 Å². The van der Waals surface area contributed by atoms with E-state index < -0.39 is 0 Å². The normalized spacial score (nSPS) is 17.9. The molecule has 11 heteroatoms. The van der Waals surface area contributed by atoms with Gasteiger partial charge >= 0.3 is 0 Å². The lowest BCUT2D eigenvalue weighted by Gasteiger charge is -2.37. The highest BCUT2D eigenvalue weighted by Crippen LogP contribution is 2.41. The van der Waals surface area contributed by atoms with Crippen LogP contribution in [0.4, 0.5) is 5.95 Å². The lowest BCUT2D eigenvalue weighted by molar-refractivity contribution is -0.135. The van der Waals surface area contributed by atoms with Crippen molar-refractivity contribution in [2.45, 2.75) is 32.3 Å². The van der Waals surface area contributed by atoms with Gasteiger partial charge in [-0.05, 0) is 44.4 Å².